The molecule has 1 unspecified atom stereocenters. The molecule has 0 radical (unpaired) electrons. The summed E-state index contributed by atoms with van der Waals surface area (Å²) in [6.45, 7) is 2.06. The summed E-state index contributed by atoms with van der Waals surface area (Å²) in [6.07, 6.45) is 0. The first-order chi connectivity index (χ1) is 16.5. The number of benzene rings is 3. The van der Waals surface area contributed by atoms with Crippen LogP contribution in [0.1, 0.15) is 12.5 Å². The molecule has 5 rings (SSSR count). The minimum atomic E-state index is -1.32. The maximum Gasteiger partial charge on any atom is 0.325 e. The molecule has 8 nitrogen and oxygen atoms in total. The molecule has 3 aromatic rings. The highest BCUT2D eigenvalue weighted by molar-refractivity contribution is 6.10. The Bertz CT molecular complexity index is 1280. The molecule has 3 aromatic carbocycles. The van der Waals surface area contributed by atoms with Crippen molar-refractivity contribution in [1.29, 1.82) is 0 Å². The van der Waals surface area contributed by atoms with Crippen LogP contribution in [0, 0.1) is 0 Å². The number of amides is 4. The fourth-order valence-electron chi connectivity index (χ4n) is 4.19. The van der Waals surface area contributed by atoms with Gasteiger partial charge in [0.25, 0.3) is 5.91 Å². The predicted octanol–water partition coefficient (Wildman–Crippen LogP) is 3.53. The molecule has 1 atom stereocenters. The number of para-hydroxylation sites is 1. The average Bonchev–Trinajstić information content (AvgIpc) is 3.08. The lowest BCUT2D eigenvalue weighted by molar-refractivity contribution is -0.133. The number of hydrogen-bond acceptors (Lipinski definition) is 5. The zero-order chi connectivity index (χ0) is 23.7. The molecule has 8 heteroatoms. The molecule has 172 valence electrons. The van der Waals surface area contributed by atoms with Crippen molar-refractivity contribution in [2.45, 2.75) is 12.5 Å². The minimum Gasteiger partial charge on any atom is -0.486 e. The van der Waals surface area contributed by atoms with Gasteiger partial charge in [0.15, 0.2) is 11.5 Å². The van der Waals surface area contributed by atoms with Crippen LogP contribution in [0.2, 0.25) is 0 Å². The van der Waals surface area contributed by atoms with E-state index in [9.17, 15) is 14.4 Å². The highest BCUT2D eigenvalue weighted by Gasteiger charge is 2.49. The molecule has 2 aliphatic rings. The summed E-state index contributed by atoms with van der Waals surface area (Å²) in [4.78, 5) is 39.8. The van der Waals surface area contributed by atoms with E-state index in [-0.39, 0.29) is 0 Å². The number of ether oxygens (including phenoxy) is 2. The summed E-state index contributed by atoms with van der Waals surface area (Å²) in [7, 11) is 0. The molecule has 34 heavy (non-hydrogen) atoms. The minimum absolute atomic E-state index is 0.407. The van der Waals surface area contributed by atoms with Crippen LogP contribution in [-0.2, 0) is 15.1 Å². The largest absolute Gasteiger partial charge is 0.486 e. The van der Waals surface area contributed by atoms with E-state index in [0.717, 1.165) is 16.0 Å². The standard InChI is InChI=1S/C26H23N3O5/c1-26(18-11-12-21-22(15-18)34-14-13-33-21)24(31)29(25(32)28-26)16-23(30)27-20-10-6-5-9-19(20)17-7-3-2-4-8-17/h2-12,15H,13-14,16H2,1H3,(H,27,30)(H,28,32). The topological polar surface area (TPSA) is 97.0 Å². The molecule has 2 aliphatic heterocycles. The van der Waals surface area contributed by atoms with Gasteiger partial charge in [0.05, 0.1) is 0 Å². The van der Waals surface area contributed by atoms with E-state index < -0.39 is 29.9 Å². The summed E-state index contributed by atoms with van der Waals surface area (Å²) >= 11 is 0. The molecule has 1 fully saturated rings. The van der Waals surface area contributed by atoms with E-state index in [1.54, 1.807) is 31.2 Å². The lowest BCUT2D eigenvalue weighted by Crippen LogP contribution is -2.42. The van der Waals surface area contributed by atoms with Crippen LogP contribution in [0.25, 0.3) is 11.1 Å². The highest BCUT2D eigenvalue weighted by atomic mass is 16.6. The Kier molecular flexibility index (Phi) is 5.41. The number of rotatable bonds is 5. The number of carbonyl (C=O) groups is 3. The Labute approximate surface area is 196 Å². The van der Waals surface area contributed by atoms with Crippen molar-refractivity contribution in [2.24, 2.45) is 0 Å². The highest BCUT2D eigenvalue weighted by Crippen LogP contribution is 2.37. The number of hydrogen-bond donors (Lipinski definition) is 2. The van der Waals surface area contributed by atoms with Gasteiger partial charge >= 0.3 is 6.03 Å². The van der Waals surface area contributed by atoms with Gasteiger partial charge in [-0.1, -0.05) is 54.6 Å². The van der Waals surface area contributed by atoms with Crippen LogP contribution in [0.3, 0.4) is 0 Å². The summed E-state index contributed by atoms with van der Waals surface area (Å²) in [5.41, 5.74) is 1.61. The lowest BCUT2D eigenvalue weighted by atomic mass is 9.91. The van der Waals surface area contributed by atoms with Crippen molar-refractivity contribution in [1.82, 2.24) is 10.2 Å². The molecule has 0 spiro atoms. The Morgan fingerprint density at radius 1 is 0.971 bits per heavy atom. The van der Waals surface area contributed by atoms with Gasteiger partial charge in [-0.25, -0.2) is 4.79 Å². The third-order valence-corrected chi connectivity index (χ3v) is 5.98. The van der Waals surface area contributed by atoms with Crippen LogP contribution in [0.15, 0.2) is 72.8 Å². The maximum atomic E-state index is 13.3. The van der Waals surface area contributed by atoms with Crippen molar-refractivity contribution < 1.29 is 23.9 Å². The number of anilines is 1. The van der Waals surface area contributed by atoms with E-state index in [1.165, 1.54) is 0 Å². The van der Waals surface area contributed by atoms with Crippen molar-refractivity contribution >= 4 is 23.5 Å². The quantitative estimate of drug-likeness (QED) is 0.572. The number of imide groups is 1. The molecular formula is C26H23N3O5. The third kappa shape index (κ3) is 3.83. The number of urea groups is 1. The maximum absolute atomic E-state index is 13.3. The summed E-state index contributed by atoms with van der Waals surface area (Å²) in [5.74, 6) is 0.114. The van der Waals surface area contributed by atoms with Crippen molar-refractivity contribution in [3.05, 3.63) is 78.4 Å². The lowest BCUT2D eigenvalue weighted by Gasteiger charge is -2.25. The van der Waals surface area contributed by atoms with E-state index in [1.807, 2.05) is 48.5 Å². The molecule has 0 saturated carbocycles. The van der Waals surface area contributed by atoms with Crippen LogP contribution in [0.5, 0.6) is 11.5 Å². The number of fused-ring (bicyclic) bond motifs is 1. The normalized spacial score (nSPS) is 19.0. The molecule has 2 heterocycles. The van der Waals surface area contributed by atoms with Gasteiger partial charge in [-0.3, -0.25) is 14.5 Å². The van der Waals surface area contributed by atoms with E-state index >= 15 is 0 Å². The van der Waals surface area contributed by atoms with Crippen LogP contribution in [0.4, 0.5) is 10.5 Å². The summed E-state index contributed by atoms with van der Waals surface area (Å²) in [6, 6.07) is 21.5. The van der Waals surface area contributed by atoms with Crippen LogP contribution < -0.4 is 20.1 Å². The fraction of sp³-hybridized carbons (Fsp3) is 0.192. The van der Waals surface area contributed by atoms with Crippen molar-refractivity contribution in [2.75, 3.05) is 25.1 Å². The Balaban J connectivity index is 1.34. The third-order valence-electron chi connectivity index (χ3n) is 5.98. The molecular weight excluding hydrogens is 434 g/mol. The fourth-order valence-corrected chi connectivity index (χ4v) is 4.19. The van der Waals surface area contributed by atoms with Crippen molar-refractivity contribution in [3.63, 3.8) is 0 Å². The van der Waals surface area contributed by atoms with Gasteiger partial charge in [0.2, 0.25) is 5.91 Å². The zero-order valence-corrected chi connectivity index (χ0v) is 18.5. The number of carbonyl (C=O) groups excluding carboxylic acids is 3. The molecule has 0 aromatic heterocycles. The molecule has 1 saturated heterocycles. The molecule has 0 aliphatic carbocycles. The monoisotopic (exact) mass is 457 g/mol. The van der Waals surface area contributed by atoms with Gasteiger partial charge in [-0.15, -0.1) is 0 Å². The first kappa shape index (κ1) is 21.5. The second kappa shape index (κ2) is 8.55. The zero-order valence-electron chi connectivity index (χ0n) is 18.5. The molecule has 2 N–H and O–H groups in total. The van der Waals surface area contributed by atoms with E-state index in [2.05, 4.69) is 10.6 Å². The Morgan fingerprint density at radius 2 is 1.68 bits per heavy atom. The van der Waals surface area contributed by atoms with Gasteiger partial charge in [-0.05, 0) is 36.2 Å². The SMILES string of the molecule is CC1(c2ccc3c(c2)OCCO3)NC(=O)N(CC(=O)Nc2ccccc2-c2ccccc2)C1=O. The van der Waals surface area contributed by atoms with Gasteiger partial charge in [0.1, 0.15) is 25.3 Å². The van der Waals surface area contributed by atoms with E-state index in [0.29, 0.717) is 36.0 Å². The summed E-state index contributed by atoms with van der Waals surface area (Å²) in [5, 5.41) is 5.56. The Hall–Kier alpha value is -4.33. The Morgan fingerprint density at radius 3 is 2.47 bits per heavy atom. The number of nitrogens with zero attached hydrogens (tertiary/aromatic N) is 1. The first-order valence-corrected chi connectivity index (χ1v) is 10.9. The van der Waals surface area contributed by atoms with Gasteiger partial charge in [-0.2, -0.15) is 0 Å². The smallest absolute Gasteiger partial charge is 0.325 e. The van der Waals surface area contributed by atoms with Crippen molar-refractivity contribution in [3.8, 4) is 22.6 Å². The van der Waals surface area contributed by atoms with Crippen LogP contribution in [-0.4, -0.2) is 42.5 Å². The summed E-state index contributed by atoms with van der Waals surface area (Å²) < 4.78 is 11.1. The molecule has 0 bridgehead atoms. The predicted molar refractivity (Wildman–Crippen MR) is 126 cm³/mol. The van der Waals surface area contributed by atoms with E-state index in [4.69, 9.17) is 9.47 Å². The number of nitrogens with one attached hydrogen (secondary N) is 2. The van der Waals surface area contributed by atoms with Crippen LogP contribution >= 0.6 is 0 Å². The second-order valence-electron chi connectivity index (χ2n) is 8.26. The molecule has 4 amide bonds. The first-order valence-electron chi connectivity index (χ1n) is 10.9. The van der Waals surface area contributed by atoms with Gasteiger partial charge in [0, 0.05) is 11.3 Å². The second-order valence-corrected chi connectivity index (χ2v) is 8.26. The average molecular weight is 457 g/mol. The van der Waals surface area contributed by atoms with Gasteiger partial charge < -0.3 is 20.1 Å².